The lowest BCUT2D eigenvalue weighted by atomic mass is 10.1. The minimum Gasteiger partial charge on any atom is -0.277 e. The number of nitrogens with zero attached hydrogens (tertiary/aromatic N) is 2. The van der Waals surface area contributed by atoms with Crippen molar-refractivity contribution >= 4 is 15.7 Å². The van der Waals surface area contributed by atoms with Gasteiger partial charge in [-0.15, -0.1) is 0 Å². The molecule has 0 aliphatic heterocycles. The van der Waals surface area contributed by atoms with Crippen molar-refractivity contribution in [2.24, 2.45) is 0 Å². The highest BCUT2D eigenvalue weighted by Gasteiger charge is 2.19. The first-order valence-corrected chi connectivity index (χ1v) is 8.78. The first kappa shape index (κ1) is 17.5. The van der Waals surface area contributed by atoms with Crippen LogP contribution in [-0.4, -0.2) is 18.4 Å². The van der Waals surface area contributed by atoms with Gasteiger partial charge in [0.25, 0.3) is 10.0 Å². The van der Waals surface area contributed by atoms with E-state index in [1.165, 1.54) is 24.5 Å². The Morgan fingerprint density at radius 2 is 1.65 bits per heavy atom. The smallest absolute Gasteiger partial charge is 0.263 e. The molecule has 0 atom stereocenters. The molecule has 0 radical (unpaired) electrons. The molecule has 5 nitrogen and oxygen atoms in total. The molecule has 0 fully saturated rings. The van der Waals surface area contributed by atoms with Crippen LogP contribution in [0.3, 0.4) is 0 Å². The average Bonchev–Trinajstić information content (AvgIpc) is 2.65. The lowest BCUT2D eigenvalue weighted by Crippen LogP contribution is -2.14. The van der Waals surface area contributed by atoms with Crippen LogP contribution in [0.2, 0.25) is 0 Å². The number of anilines is 1. The van der Waals surface area contributed by atoms with Crippen LogP contribution in [0.4, 0.5) is 14.5 Å². The van der Waals surface area contributed by atoms with E-state index in [0.29, 0.717) is 5.56 Å². The second kappa shape index (κ2) is 7.29. The van der Waals surface area contributed by atoms with Gasteiger partial charge < -0.3 is 0 Å². The fraction of sp³-hybridized carbons (Fsp3) is 0. The largest absolute Gasteiger partial charge is 0.277 e. The number of sulfonamides is 1. The van der Waals surface area contributed by atoms with Crippen LogP contribution in [0, 0.1) is 23.5 Å². The van der Waals surface area contributed by atoms with E-state index in [9.17, 15) is 17.2 Å². The predicted molar refractivity (Wildman–Crippen MR) is 91.6 cm³/mol. The second-order valence-electron chi connectivity index (χ2n) is 5.07. The van der Waals surface area contributed by atoms with E-state index in [1.807, 2.05) is 0 Å². The lowest BCUT2D eigenvalue weighted by molar-refractivity contribution is 0.578. The third kappa shape index (κ3) is 3.84. The summed E-state index contributed by atoms with van der Waals surface area (Å²) in [5.41, 5.74) is -0.487. The van der Waals surface area contributed by atoms with Crippen molar-refractivity contribution in [3.05, 3.63) is 83.9 Å². The van der Waals surface area contributed by atoms with Gasteiger partial charge in [0.2, 0.25) is 0 Å². The number of hydrogen-bond donors (Lipinski definition) is 1. The van der Waals surface area contributed by atoms with E-state index >= 15 is 0 Å². The normalized spacial score (nSPS) is 10.7. The summed E-state index contributed by atoms with van der Waals surface area (Å²) in [4.78, 5) is 7.42. The molecule has 0 aliphatic rings. The standard InChI is InChI=1S/C18H11F2N3O2S/c19-16-7-8-17(23-26(24,25)14-4-2-10-22-12-14)18(20)15(16)6-5-13-3-1-9-21-11-13/h1-4,7-12,23H. The fourth-order valence-electron chi connectivity index (χ4n) is 2.03. The number of rotatable bonds is 3. The van der Waals surface area contributed by atoms with Gasteiger partial charge in [-0.1, -0.05) is 11.8 Å². The number of nitrogens with one attached hydrogen (secondary N) is 1. The van der Waals surface area contributed by atoms with E-state index in [-0.39, 0.29) is 4.90 Å². The van der Waals surface area contributed by atoms with Crippen molar-refractivity contribution in [2.75, 3.05) is 4.72 Å². The summed E-state index contributed by atoms with van der Waals surface area (Å²) in [6.45, 7) is 0. The van der Waals surface area contributed by atoms with E-state index in [2.05, 4.69) is 26.5 Å². The number of halogens is 2. The first-order valence-electron chi connectivity index (χ1n) is 7.30. The molecular formula is C18H11F2N3O2S. The zero-order valence-corrected chi connectivity index (χ0v) is 14.0. The fourth-order valence-corrected chi connectivity index (χ4v) is 3.05. The molecule has 26 heavy (non-hydrogen) atoms. The Morgan fingerprint density at radius 1 is 0.923 bits per heavy atom. The minimum atomic E-state index is -4.07. The second-order valence-corrected chi connectivity index (χ2v) is 6.75. The highest BCUT2D eigenvalue weighted by molar-refractivity contribution is 7.92. The van der Waals surface area contributed by atoms with Crippen molar-refractivity contribution in [2.45, 2.75) is 4.90 Å². The Kier molecular flexibility index (Phi) is 4.91. The molecule has 0 amide bonds. The van der Waals surface area contributed by atoms with Crippen LogP contribution < -0.4 is 4.72 Å². The van der Waals surface area contributed by atoms with Gasteiger partial charge in [0, 0.05) is 30.4 Å². The van der Waals surface area contributed by atoms with Crippen LogP contribution >= 0.6 is 0 Å². The van der Waals surface area contributed by atoms with Crippen LogP contribution in [-0.2, 0) is 10.0 Å². The Hall–Kier alpha value is -3.31. The Balaban J connectivity index is 1.97. The molecule has 3 rings (SSSR count). The molecule has 1 N–H and O–H groups in total. The molecule has 2 aromatic heterocycles. The molecule has 0 saturated carbocycles. The monoisotopic (exact) mass is 371 g/mol. The predicted octanol–water partition coefficient (Wildman–Crippen LogP) is 2.96. The highest BCUT2D eigenvalue weighted by Crippen LogP contribution is 2.23. The van der Waals surface area contributed by atoms with E-state index in [1.54, 1.807) is 18.3 Å². The summed E-state index contributed by atoms with van der Waals surface area (Å²) < 4.78 is 55.2. The third-order valence-corrected chi connectivity index (χ3v) is 4.62. The maximum absolute atomic E-state index is 14.6. The van der Waals surface area contributed by atoms with Gasteiger partial charge >= 0.3 is 0 Å². The van der Waals surface area contributed by atoms with Gasteiger partial charge in [0.1, 0.15) is 10.7 Å². The molecule has 0 spiro atoms. The molecule has 1 aromatic carbocycles. The first-order chi connectivity index (χ1) is 12.5. The van der Waals surface area contributed by atoms with E-state index < -0.39 is 32.9 Å². The molecule has 8 heteroatoms. The van der Waals surface area contributed by atoms with Crippen molar-refractivity contribution in [1.82, 2.24) is 9.97 Å². The molecule has 3 aromatic rings. The topological polar surface area (TPSA) is 72.0 Å². The summed E-state index contributed by atoms with van der Waals surface area (Å²) >= 11 is 0. The zero-order chi connectivity index (χ0) is 18.6. The maximum Gasteiger partial charge on any atom is 0.263 e. The average molecular weight is 371 g/mol. The van der Waals surface area contributed by atoms with Gasteiger partial charge in [-0.25, -0.2) is 17.2 Å². The van der Waals surface area contributed by atoms with Crippen LogP contribution in [0.15, 0.2) is 66.1 Å². The maximum atomic E-state index is 14.6. The number of pyridine rings is 2. The van der Waals surface area contributed by atoms with Crippen molar-refractivity contribution in [3.8, 4) is 11.8 Å². The molecule has 0 aliphatic carbocycles. The third-order valence-electron chi connectivity index (χ3n) is 3.27. The van der Waals surface area contributed by atoms with Crippen molar-refractivity contribution < 1.29 is 17.2 Å². The molecule has 130 valence electrons. The SMILES string of the molecule is O=S(=O)(Nc1ccc(F)c(C#Cc2cccnc2)c1F)c1cccnc1. The number of aromatic nitrogens is 2. The summed E-state index contributed by atoms with van der Waals surface area (Å²) in [7, 11) is -4.07. The highest BCUT2D eigenvalue weighted by atomic mass is 32.2. The number of hydrogen-bond acceptors (Lipinski definition) is 4. The van der Waals surface area contributed by atoms with Crippen LogP contribution in [0.25, 0.3) is 0 Å². The van der Waals surface area contributed by atoms with Crippen LogP contribution in [0.1, 0.15) is 11.1 Å². The van der Waals surface area contributed by atoms with E-state index in [0.717, 1.165) is 18.3 Å². The van der Waals surface area contributed by atoms with Crippen LogP contribution in [0.5, 0.6) is 0 Å². The van der Waals surface area contributed by atoms with Gasteiger partial charge in [-0.05, 0) is 36.4 Å². The van der Waals surface area contributed by atoms with Gasteiger partial charge in [-0.3, -0.25) is 14.7 Å². The van der Waals surface area contributed by atoms with Crippen molar-refractivity contribution in [1.29, 1.82) is 0 Å². The quantitative estimate of drug-likeness (QED) is 0.719. The van der Waals surface area contributed by atoms with Gasteiger partial charge in [-0.2, -0.15) is 0 Å². The lowest BCUT2D eigenvalue weighted by Gasteiger charge is -2.10. The van der Waals surface area contributed by atoms with Gasteiger partial charge in [0.15, 0.2) is 5.82 Å². The molecule has 0 saturated heterocycles. The Morgan fingerprint density at radius 3 is 2.31 bits per heavy atom. The number of benzene rings is 1. The summed E-state index contributed by atoms with van der Waals surface area (Å²) in [6, 6.07) is 7.94. The molecular weight excluding hydrogens is 360 g/mol. The minimum absolute atomic E-state index is 0.147. The Bertz CT molecular complexity index is 1090. The summed E-state index contributed by atoms with van der Waals surface area (Å²) in [5, 5.41) is 0. The molecule has 2 heterocycles. The Labute approximate surface area is 148 Å². The zero-order valence-electron chi connectivity index (χ0n) is 13.1. The van der Waals surface area contributed by atoms with E-state index in [4.69, 9.17) is 0 Å². The summed E-state index contributed by atoms with van der Waals surface area (Å²) in [6.07, 6.45) is 5.51. The molecule has 0 unspecified atom stereocenters. The van der Waals surface area contributed by atoms with Crippen molar-refractivity contribution in [3.63, 3.8) is 0 Å². The summed E-state index contributed by atoms with van der Waals surface area (Å²) in [5.74, 6) is 2.96. The van der Waals surface area contributed by atoms with Gasteiger partial charge in [0.05, 0.1) is 11.3 Å². The molecule has 0 bridgehead atoms.